The molecule has 0 bridgehead atoms. The van der Waals surface area contributed by atoms with Crippen molar-refractivity contribution in [1.82, 2.24) is 15.5 Å². The van der Waals surface area contributed by atoms with Crippen LogP contribution in [0.2, 0.25) is 0 Å². The van der Waals surface area contributed by atoms with Crippen molar-refractivity contribution < 1.29 is 14.3 Å². The molecule has 6 nitrogen and oxygen atoms in total. The van der Waals surface area contributed by atoms with E-state index in [2.05, 4.69) is 15.5 Å². The van der Waals surface area contributed by atoms with Gasteiger partial charge in [0.15, 0.2) is 0 Å². The van der Waals surface area contributed by atoms with Crippen LogP contribution in [0.4, 0.5) is 0 Å². The first-order chi connectivity index (χ1) is 14.9. The van der Waals surface area contributed by atoms with Crippen molar-refractivity contribution in [3.05, 3.63) is 81.9 Å². The molecule has 0 radical (unpaired) electrons. The molecule has 160 valence electrons. The number of nitrogens with one attached hydrogen (secondary N) is 2. The highest BCUT2D eigenvalue weighted by Gasteiger charge is 2.40. The molecule has 2 amide bonds. The predicted octanol–water partition coefficient (Wildman–Crippen LogP) is 2.85. The number of benzene rings is 2. The molecular formula is C25H27N3O3. The maximum absolute atomic E-state index is 12.7. The van der Waals surface area contributed by atoms with E-state index in [1.165, 1.54) is 0 Å². The smallest absolute Gasteiger partial charge is 0.258 e. The van der Waals surface area contributed by atoms with E-state index < -0.39 is 0 Å². The number of ether oxygens (including phenoxy) is 1. The van der Waals surface area contributed by atoms with Crippen LogP contribution in [0.3, 0.4) is 0 Å². The van der Waals surface area contributed by atoms with Crippen LogP contribution in [-0.4, -0.2) is 44.0 Å². The lowest BCUT2D eigenvalue weighted by molar-refractivity contribution is -0.117. The summed E-state index contributed by atoms with van der Waals surface area (Å²) in [6.45, 7) is 4.24. The minimum atomic E-state index is -0.257. The van der Waals surface area contributed by atoms with Gasteiger partial charge in [-0.3, -0.25) is 9.59 Å². The van der Waals surface area contributed by atoms with E-state index in [-0.39, 0.29) is 11.8 Å². The Bertz CT molecular complexity index is 1060. The molecule has 2 aromatic rings. The van der Waals surface area contributed by atoms with Crippen molar-refractivity contribution in [3.63, 3.8) is 0 Å². The fraction of sp³-hybridized carbons (Fsp3) is 0.280. The first-order valence-corrected chi connectivity index (χ1v) is 10.4. The summed E-state index contributed by atoms with van der Waals surface area (Å²) in [4.78, 5) is 27.6. The molecule has 0 saturated heterocycles. The Kier molecular flexibility index (Phi) is 6.02. The molecule has 0 saturated carbocycles. The number of rotatable bonds is 8. The largest absolute Gasteiger partial charge is 0.377 e. The third-order valence-electron chi connectivity index (χ3n) is 5.43. The maximum Gasteiger partial charge on any atom is 0.258 e. The number of hydrogen-bond donors (Lipinski definition) is 2. The number of hydrogen-bond acceptors (Lipinski definition) is 4. The van der Waals surface area contributed by atoms with E-state index in [4.69, 9.17) is 4.74 Å². The van der Waals surface area contributed by atoms with Crippen LogP contribution in [0.5, 0.6) is 0 Å². The monoisotopic (exact) mass is 417 g/mol. The minimum absolute atomic E-state index is 0.257. The Hall–Kier alpha value is -3.22. The van der Waals surface area contributed by atoms with Gasteiger partial charge in [-0.2, -0.15) is 0 Å². The van der Waals surface area contributed by atoms with Crippen molar-refractivity contribution in [2.45, 2.75) is 20.0 Å². The maximum atomic E-state index is 12.7. The minimum Gasteiger partial charge on any atom is -0.377 e. The Morgan fingerprint density at radius 2 is 1.32 bits per heavy atom. The van der Waals surface area contributed by atoms with Gasteiger partial charge in [0.05, 0.1) is 29.1 Å². The molecule has 0 spiro atoms. The molecular weight excluding hydrogens is 390 g/mol. The SMILES string of the molecule is Cc1ccc(C2=C3C(=O)NC(c4ccc(COCCCN(C)C)cc4)=C3C(=O)N2)cc1. The molecule has 2 aromatic carbocycles. The fourth-order valence-corrected chi connectivity index (χ4v) is 3.77. The van der Waals surface area contributed by atoms with Gasteiger partial charge in [0.1, 0.15) is 0 Å². The van der Waals surface area contributed by atoms with Crippen LogP contribution >= 0.6 is 0 Å². The Balaban J connectivity index is 1.53. The number of nitrogens with zero attached hydrogens (tertiary/aromatic N) is 1. The summed E-state index contributed by atoms with van der Waals surface area (Å²) in [5.41, 5.74) is 5.74. The van der Waals surface area contributed by atoms with E-state index in [1.807, 2.05) is 69.6 Å². The van der Waals surface area contributed by atoms with E-state index in [0.29, 0.717) is 35.8 Å². The Morgan fingerprint density at radius 1 is 0.806 bits per heavy atom. The molecule has 0 unspecified atom stereocenters. The lowest BCUT2D eigenvalue weighted by Gasteiger charge is -2.10. The van der Waals surface area contributed by atoms with Crippen molar-refractivity contribution >= 4 is 23.2 Å². The van der Waals surface area contributed by atoms with E-state index in [0.717, 1.165) is 35.2 Å². The molecule has 2 aliphatic heterocycles. The first-order valence-electron chi connectivity index (χ1n) is 10.4. The number of carbonyl (C=O) groups is 2. The summed E-state index contributed by atoms with van der Waals surface area (Å²) in [6.07, 6.45) is 0.987. The molecule has 2 aliphatic rings. The predicted molar refractivity (Wildman–Crippen MR) is 121 cm³/mol. The highest BCUT2D eigenvalue weighted by molar-refractivity contribution is 6.30. The van der Waals surface area contributed by atoms with E-state index in [1.54, 1.807) is 0 Å². The number of carbonyl (C=O) groups excluding carboxylic acids is 2. The lowest BCUT2D eigenvalue weighted by Crippen LogP contribution is -2.21. The topological polar surface area (TPSA) is 70.7 Å². The van der Waals surface area contributed by atoms with Crippen molar-refractivity contribution in [1.29, 1.82) is 0 Å². The fourth-order valence-electron chi connectivity index (χ4n) is 3.77. The van der Waals surface area contributed by atoms with Gasteiger partial charge in [-0.1, -0.05) is 54.1 Å². The number of fused-ring (bicyclic) bond motifs is 1. The quantitative estimate of drug-likeness (QED) is 0.648. The zero-order chi connectivity index (χ0) is 22.0. The molecule has 6 heteroatoms. The molecule has 0 aromatic heterocycles. The van der Waals surface area contributed by atoms with Crippen molar-refractivity contribution in [3.8, 4) is 0 Å². The molecule has 0 atom stereocenters. The molecule has 0 fully saturated rings. The van der Waals surface area contributed by atoms with Crippen molar-refractivity contribution in [2.24, 2.45) is 0 Å². The molecule has 31 heavy (non-hydrogen) atoms. The van der Waals surface area contributed by atoms with Crippen LogP contribution in [0.25, 0.3) is 11.4 Å². The van der Waals surface area contributed by atoms with Gasteiger partial charge in [0, 0.05) is 6.61 Å². The highest BCUT2D eigenvalue weighted by atomic mass is 16.5. The van der Waals surface area contributed by atoms with E-state index in [9.17, 15) is 9.59 Å². The third-order valence-corrected chi connectivity index (χ3v) is 5.43. The summed E-state index contributed by atoms with van der Waals surface area (Å²) in [5, 5.41) is 5.77. The zero-order valence-corrected chi connectivity index (χ0v) is 18.1. The summed E-state index contributed by atoms with van der Waals surface area (Å²) < 4.78 is 5.73. The molecule has 2 N–H and O–H groups in total. The molecule has 4 rings (SSSR count). The number of amides is 2. The third kappa shape index (κ3) is 4.45. The Labute approximate surface area is 182 Å². The summed E-state index contributed by atoms with van der Waals surface area (Å²) in [5.74, 6) is -0.514. The summed E-state index contributed by atoms with van der Waals surface area (Å²) >= 11 is 0. The van der Waals surface area contributed by atoms with Gasteiger partial charge in [-0.05, 0) is 50.7 Å². The first kappa shape index (κ1) is 21.0. The standard InChI is InChI=1S/C25H27N3O3/c1-16-5-9-18(10-6-16)22-20-21(25(30)26-22)23(27-24(20)29)19-11-7-17(8-12-19)15-31-14-4-13-28(2)3/h5-12H,4,13-15H2,1-3H3,(H,26,30)(H,27,29). The molecule has 0 aliphatic carbocycles. The lowest BCUT2D eigenvalue weighted by atomic mass is 10.0. The second-order valence-electron chi connectivity index (χ2n) is 8.18. The average molecular weight is 418 g/mol. The van der Waals surface area contributed by atoms with Gasteiger partial charge in [-0.15, -0.1) is 0 Å². The van der Waals surface area contributed by atoms with Crippen LogP contribution in [0, 0.1) is 6.92 Å². The van der Waals surface area contributed by atoms with Crippen LogP contribution in [0.15, 0.2) is 59.7 Å². The summed E-state index contributed by atoms with van der Waals surface area (Å²) in [7, 11) is 4.09. The molecule has 2 heterocycles. The normalized spacial score (nSPS) is 15.6. The average Bonchev–Trinajstić information content (AvgIpc) is 3.27. The zero-order valence-electron chi connectivity index (χ0n) is 18.1. The van der Waals surface area contributed by atoms with Gasteiger partial charge >= 0.3 is 0 Å². The van der Waals surface area contributed by atoms with Gasteiger partial charge in [-0.25, -0.2) is 0 Å². The van der Waals surface area contributed by atoms with Crippen LogP contribution in [0.1, 0.15) is 28.7 Å². The summed E-state index contributed by atoms with van der Waals surface area (Å²) in [6, 6.07) is 15.5. The van der Waals surface area contributed by atoms with Gasteiger partial charge in [0.25, 0.3) is 11.8 Å². The Morgan fingerprint density at radius 3 is 1.84 bits per heavy atom. The van der Waals surface area contributed by atoms with Crippen LogP contribution in [-0.2, 0) is 20.9 Å². The van der Waals surface area contributed by atoms with Gasteiger partial charge < -0.3 is 20.3 Å². The van der Waals surface area contributed by atoms with Crippen molar-refractivity contribution in [2.75, 3.05) is 27.2 Å². The van der Waals surface area contributed by atoms with E-state index >= 15 is 0 Å². The highest BCUT2D eigenvalue weighted by Crippen LogP contribution is 2.37. The number of aryl methyl sites for hydroxylation is 1. The van der Waals surface area contributed by atoms with Gasteiger partial charge in [0.2, 0.25) is 0 Å². The second-order valence-corrected chi connectivity index (χ2v) is 8.18. The van der Waals surface area contributed by atoms with Crippen LogP contribution < -0.4 is 10.6 Å². The second kappa shape index (κ2) is 8.88.